The molecule has 1 aliphatic heterocycles. The van der Waals surface area contributed by atoms with Crippen LogP contribution in [0.5, 0.6) is 0 Å². The van der Waals surface area contributed by atoms with Crippen molar-refractivity contribution in [3.05, 3.63) is 23.4 Å². The number of aliphatic hydroxyl groups is 1. The first-order chi connectivity index (χ1) is 9.95. The van der Waals surface area contributed by atoms with Gasteiger partial charge in [-0.15, -0.1) is 0 Å². The summed E-state index contributed by atoms with van der Waals surface area (Å²) in [5.74, 6) is 0.718. The summed E-state index contributed by atoms with van der Waals surface area (Å²) in [6, 6.07) is 3.65. The van der Waals surface area contributed by atoms with Gasteiger partial charge >= 0.3 is 0 Å². The summed E-state index contributed by atoms with van der Waals surface area (Å²) in [6.07, 6.45) is 2.37. The lowest BCUT2D eigenvalue weighted by atomic mass is 9.94. The number of aryl methyl sites for hydroxylation is 1. The van der Waals surface area contributed by atoms with Gasteiger partial charge in [-0.2, -0.15) is 0 Å². The maximum atomic E-state index is 12.7. The lowest BCUT2D eigenvalue weighted by Crippen LogP contribution is -2.48. The van der Waals surface area contributed by atoms with Gasteiger partial charge in [0.1, 0.15) is 5.82 Å². The quantitative estimate of drug-likeness (QED) is 0.891. The summed E-state index contributed by atoms with van der Waals surface area (Å²) in [7, 11) is 0. The number of nitrogens with zero attached hydrogens (tertiary/aromatic N) is 2. The van der Waals surface area contributed by atoms with Crippen LogP contribution in [0.1, 0.15) is 49.7 Å². The van der Waals surface area contributed by atoms with E-state index in [1.54, 1.807) is 17.9 Å². The van der Waals surface area contributed by atoms with Crippen molar-refractivity contribution in [1.29, 1.82) is 0 Å². The molecule has 1 aromatic heterocycles. The van der Waals surface area contributed by atoms with E-state index < -0.39 is 5.60 Å². The van der Waals surface area contributed by atoms with Gasteiger partial charge in [0, 0.05) is 30.9 Å². The van der Waals surface area contributed by atoms with E-state index in [4.69, 9.17) is 0 Å². The highest BCUT2D eigenvalue weighted by atomic mass is 16.3. The number of hydrogen-bond donors (Lipinski definition) is 2. The van der Waals surface area contributed by atoms with E-state index in [2.05, 4.69) is 10.3 Å². The largest absolute Gasteiger partial charge is 0.388 e. The number of piperidine rings is 1. The summed E-state index contributed by atoms with van der Waals surface area (Å²) >= 11 is 0. The standard InChI is InChI=1S/C16H25N3O2/c1-4-13-9-12(10-14(18-13)17-5-2)15(20)19-8-6-7-16(3,21)11-19/h9-10,21H,4-8,11H2,1-3H3,(H,17,18). The van der Waals surface area contributed by atoms with Crippen LogP contribution in [-0.4, -0.2) is 46.1 Å². The molecule has 2 heterocycles. The van der Waals surface area contributed by atoms with E-state index in [1.165, 1.54) is 0 Å². The Hall–Kier alpha value is -1.62. The fraction of sp³-hybridized carbons (Fsp3) is 0.625. The zero-order chi connectivity index (χ0) is 15.5. The molecule has 2 rings (SSSR count). The lowest BCUT2D eigenvalue weighted by Gasteiger charge is -2.36. The fourth-order valence-corrected chi connectivity index (χ4v) is 2.74. The molecule has 0 saturated carbocycles. The molecular weight excluding hydrogens is 266 g/mol. The number of rotatable bonds is 4. The van der Waals surface area contributed by atoms with Gasteiger partial charge in [-0.25, -0.2) is 4.98 Å². The van der Waals surface area contributed by atoms with Crippen LogP contribution in [0.3, 0.4) is 0 Å². The topological polar surface area (TPSA) is 65.5 Å². The number of pyridine rings is 1. The van der Waals surface area contributed by atoms with E-state index in [0.717, 1.165) is 37.3 Å². The number of nitrogens with one attached hydrogen (secondary N) is 1. The van der Waals surface area contributed by atoms with Crippen molar-refractivity contribution in [2.24, 2.45) is 0 Å². The Balaban J connectivity index is 2.23. The van der Waals surface area contributed by atoms with Crippen LogP contribution in [0, 0.1) is 0 Å². The molecule has 1 unspecified atom stereocenters. The highest BCUT2D eigenvalue weighted by molar-refractivity contribution is 5.95. The Morgan fingerprint density at radius 1 is 1.48 bits per heavy atom. The average molecular weight is 291 g/mol. The Labute approximate surface area is 126 Å². The molecule has 0 spiro atoms. The lowest BCUT2D eigenvalue weighted by molar-refractivity contribution is -0.0107. The van der Waals surface area contributed by atoms with E-state index >= 15 is 0 Å². The Morgan fingerprint density at radius 3 is 2.86 bits per heavy atom. The molecule has 1 aromatic rings. The molecule has 0 radical (unpaired) electrons. The van der Waals surface area contributed by atoms with Gasteiger partial charge in [0.05, 0.1) is 5.60 Å². The minimum Gasteiger partial charge on any atom is -0.388 e. The second-order valence-electron chi connectivity index (χ2n) is 5.94. The summed E-state index contributed by atoms with van der Waals surface area (Å²) in [5.41, 5.74) is 0.773. The molecule has 1 atom stereocenters. The third-order valence-corrected chi connectivity index (χ3v) is 3.81. The second-order valence-corrected chi connectivity index (χ2v) is 5.94. The number of anilines is 1. The molecular formula is C16H25N3O2. The molecule has 1 aliphatic rings. The highest BCUT2D eigenvalue weighted by Gasteiger charge is 2.31. The first-order valence-electron chi connectivity index (χ1n) is 7.71. The normalized spacial score (nSPS) is 22.2. The van der Waals surface area contributed by atoms with Gasteiger partial charge in [0.15, 0.2) is 0 Å². The van der Waals surface area contributed by atoms with Crippen molar-refractivity contribution in [2.75, 3.05) is 25.0 Å². The van der Waals surface area contributed by atoms with E-state index in [-0.39, 0.29) is 5.91 Å². The van der Waals surface area contributed by atoms with Crippen molar-refractivity contribution in [3.8, 4) is 0 Å². The van der Waals surface area contributed by atoms with Crippen molar-refractivity contribution >= 4 is 11.7 Å². The van der Waals surface area contributed by atoms with Crippen molar-refractivity contribution < 1.29 is 9.90 Å². The molecule has 21 heavy (non-hydrogen) atoms. The fourth-order valence-electron chi connectivity index (χ4n) is 2.74. The van der Waals surface area contributed by atoms with Crippen LogP contribution in [0.15, 0.2) is 12.1 Å². The van der Waals surface area contributed by atoms with Crippen LogP contribution < -0.4 is 5.32 Å². The molecule has 2 N–H and O–H groups in total. The first-order valence-corrected chi connectivity index (χ1v) is 7.71. The zero-order valence-corrected chi connectivity index (χ0v) is 13.1. The SMILES string of the molecule is CCNc1cc(C(=O)N2CCCC(C)(O)C2)cc(CC)n1. The van der Waals surface area contributed by atoms with Gasteiger partial charge in [-0.05, 0) is 45.2 Å². The van der Waals surface area contributed by atoms with Crippen LogP contribution in [0.25, 0.3) is 0 Å². The predicted molar refractivity (Wildman–Crippen MR) is 83.5 cm³/mol. The molecule has 5 nitrogen and oxygen atoms in total. The monoisotopic (exact) mass is 291 g/mol. The number of amides is 1. The summed E-state index contributed by atoms with van der Waals surface area (Å²) in [4.78, 5) is 18.9. The molecule has 1 fully saturated rings. The van der Waals surface area contributed by atoms with Crippen LogP contribution in [-0.2, 0) is 6.42 Å². The number of β-amino-alcohol motifs (C(OH)–C–C–N with tert-alkyl or cyclic N) is 1. The smallest absolute Gasteiger partial charge is 0.254 e. The first kappa shape index (κ1) is 15.8. The number of likely N-dealkylation sites (tertiary alicyclic amines) is 1. The van der Waals surface area contributed by atoms with E-state index in [9.17, 15) is 9.90 Å². The van der Waals surface area contributed by atoms with E-state index in [1.807, 2.05) is 19.9 Å². The number of carbonyl (C=O) groups excluding carboxylic acids is 1. The summed E-state index contributed by atoms with van der Waals surface area (Å²) < 4.78 is 0. The second kappa shape index (κ2) is 6.43. The minimum atomic E-state index is -0.779. The highest BCUT2D eigenvalue weighted by Crippen LogP contribution is 2.22. The van der Waals surface area contributed by atoms with Gasteiger partial charge in [0.25, 0.3) is 5.91 Å². The van der Waals surface area contributed by atoms with E-state index in [0.29, 0.717) is 18.7 Å². The minimum absolute atomic E-state index is 0.0220. The zero-order valence-electron chi connectivity index (χ0n) is 13.1. The number of aromatic nitrogens is 1. The van der Waals surface area contributed by atoms with Gasteiger partial charge < -0.3 is 15.3 Å². The number of hydrogen-bond acceptors (Lipinski definition) is 4. The summed E-state index contributed by atoms with van der Waals surface area (Å²) in [6.45, 7) is 7.69. The molecule has 0 aromatic carbocycles. The van der Waals surface area contributed by atoms with Gasteiger partial charge in [-0.3, -0.25) is 4.79 Å². The maximum absolute atomic E-state index is 12.7. The molecule has 116 valence electrons. The molecule has 5 heteroatoms. The molecule has 1 saturated heterocycles. The maximum Gasteiger partial charge on any atom is 0.254 e. The van der Waals surface area contributed by atoms with Crippen LogP contribution in [0.2, 0.25) is 0 Å². The van der Waals surface area contributed by atoms with Crippen LogP contribution >= 0.6 is 0 Å². The molecule has 0 bridgehead atoms. The molecule has 1 amide bonds. The Morgan fingerprint density at radius 2 is 2.24 bits per heavy atom. The van der Waals surface area contributed by atoms with Crippen molar-refractivity contribution in [2.45, 2.75) is 45.6 Å². The predicted octanol–water partition coefficient (Wildman–Crippen LogP) is 2.06. The van der Waals surface area contributed by atoms with Crippen molar-refractivity contribution in [1.82, 2.24) is 9.88 Å². The third-order valence-electron chi connectivity index (χ3n) is 3.81. The summed E-state index contributed by atoms with van der Waals surface area (Å²) in [5, 5.41) is 13.3. The van der Waals surface area contributed by atoms with Crippen LogP contribution in [0.4, 0.5) is 5.82 Å². The van der Waals surface area contributed by atoms with Gasteiger partial charge in [0.2, 0.25) is 0 Å². The van der Waals surface area contributed by atoms with Gasteiger partial charge in [-0.1, -0.05) is 6.92 Å². The molecule has 0 aliphatic carbocycles. The number of carbonyl (C=O) groups is 1. The third kappa shape index (κ3) is 3.94. The Kier molecular flexibility index (Phi) is 4.83. The average Bonchev–Trinajstić information content (AvgIpc) is 2.45. The van der Waals surface area contributed by atoms with Crippen molar-refractivity contribution in [3.63, 3.8) is 0 Å². The Bertz CT molecular complexity index is 514.